The summed E-state index contributed by atoms with van der Waals surface area (Å²) >= 11 is 4.70. The maximum Gasteiger partial charge on any atom is 0.422 e. The summed E-state index contributed by atoms with van der Waals surface area (Å²) in [5.41, 5.74) is 0. The van der Waals surface area contributed by atoms with E-state index in [0.717, 1.165) is 19.4 Å². The first-order valence-electron chi connectivity index (χ1n) is 3.96. The third-order valence-corrected chi connectivity index (χ3v) is 2.13. The number of hydrogen-bond acceptors (Lipinski definition) is 3. The number of hydrogen-bond donors (Lipinski definition) is 1. The average Bonchev–Trinajstić information content (AvgIpc) is 2.50. The summed E-state index contributed by atoms with van der Waals surface area (Å²) < 4.78 is 39.5. The van der Waals surface area contributed by atoms with Crippen LogP contribution in [-0.4, -0.2) is 30.4 Å². The molecule has 0 aromatic heterocycles. The predicted molar refractivity (Wildman–Crippen MR) is 45.6 cm³/mol. The van der Waals surface area contributed by atoms with Crippen molar-refractivity contribution in [3.63, 3.8) is 0 Å². The molecule has 1 aliphatic rings. The first-order valence-corrected chi connectivity index (χ1v) is 4.36. The number of nitrogens with one attached hydrogen (secondary N) is 1. The van der Waals surface area contributed by atoms with E-state index in [-0.39, 0.29) is 11.1 Å². The van der Waals surface area contributed by atoms with Crippen molar-refractivity contribution in [3.05, 3.63) is 0 Å². The molecule has 1 aliphatic heterocycles. The summed E-state index contributed by atoms with van der Waals surface area (Å²) in [6.07, 6.45) is -2.61. The monoisotopic (exact) mass is 213 g/mol. The summed E-state index contributed by atoms with van der Waals surface area (Å²) in [5, 5.41) is 2.98. The van der Waals surface area contributed by atoms with Gasteiger partial charge in [-0.3, -0.25) is 0 Å². The molecular weight excluding hydrogens is 203 g/mol. The average molecular weight is 213 g/mol. The van der Waals surface area contributed by atoms with Gasteiger partial charge in [-0.2, -0.15) is 13.2 Å². The molecule has 1 fully saturated rings. The lowest BCUT2D eigenvalue weighted by Gasteiger charge is -2.14. The van der Waals surface area contributed by atoms with E-state index in [4.69, 9.17) is 12.2 Å². The van der Waals surface area contributed by atoms with Crippen LogP contribution in [0.3, 0.4) is 0 Å². The van der Waals surface area contributed by atoms with Crippen LogP contribution in [0.4, 0.5) is 13.2 Å². The van der Waals surface area contributed by atoms with Crippen LogP contribution in [-0.2, 0) is 4.74 Å². The minimum absolute atomic E-state index is 0.0230. The van der Waals surface area contributed by atoms with Crippen molar-refractivity contribution in [3.8, 4) is 0 Å². The number of ether oxygens (including phenoxy) is 1. The van der Waals surface area contributed by atoms with Gasteiger partial charge in [0, 0.05) is 0 Å². The lowest BCUT2D eigenvalue weighted by atomic mass is 10.2. The van der Waals surface area contributed by atoms with Crippen LogP contribution in [0.5, 0.6) is 0 Å². The molecule has 1 N–H and O–H groups in total. The van der Waals surface area contributed by atoms with Gasteiger partial charge in [-0.25, -0.2) is 0 Å². The molecule has 1 rings (SSSR count). The largest absolute Gasteiger partial charge is 0.476 e. The Balaban J connectivity index is 2.25. The summed E-state index contributed by atoms with van der Waals surface area (Å²) in [6, 6.07) is -0.183. The van der Waals surface area contributed by atoms with Gasteiger partial charge in [0.15, 0.2) is 11.7 Å². The zero-order valence-electron chi connectivity index (χ0n) is 6.86. The molecule has 76 valence electrons. The molecule has 0 amide bonds. The smallest absolute Gasteiger partial charge is 0.422 e. The van der Waals surface area contributed by atoms with Crippen LogP contribution >= 0.6 is 12.2 Å². The van der Waals surface area contributed by atoms with E-state index in [0.29, 0.717) is 0 Å². The highest BCUT2D eigenvalue weighted by Crippen LogP contribution is 2.16. The third kappa shape index (κ3) is 3.91. The fourth-order valence-electron chi connectivity index (χ4n) is 1.14. The van der Waals surface area contributed by atoms with Gasteiger partial charge in [0.1, 0.15) is 0 Å². The molecule has 1 heterocycles. The van der Waals surface area contributed by atoms with Gasteiger partial charge in [-0.15, -0.1) is 0 Å². The quantitative estimate of drug-likeness (QED) is 0.705. The van der Waals surface area contributed by atoms with Crippen molar-refractivity contribution < 1.29 is 17.9 Å². The maximum atomic E-state index is 11.7. The van der Waals surface area contributed by atoms with E-state index in [1.807, 2.05) is 0 Å². The van der Waals surface area contributed by atoms with E-state index < -0.39 is 12.8 Å². The maximum absolute atomic E-state index is 11.7. The van der Waals surface area contributed by atoms with E-state index in [2.05, 4.69) is 10.1 Å². The summed E-state index contributed by atoms with van der Waals surface area (Å²) in [4.78, 5) is 0. The second-order valence-electron chi connectivity index (χ2n) is 2.87. The summed E-state index contributed by atoms with van der Waals surface area (Å²) in [5.74, 6) is 0. The van der Waals surface area contributed by atoms with Crippen molar-refractivity contribution in [2.45, 2.75) is 25.1 Å². The second kappa shape index (κ2) is 4.23. The zero-order chi connectivity index (χ0) is 9.90. The third-order valence-electron chi connectivity index (χ3n) is 1.72. The Kier molecular flexibility index (Phi) is 3.49. The van der Waals surface area contributed by atoms with Gasteiger partial charge in [0.05, 0.1) is 6.04 Å². The van der Waals surface area contributed by atoms with Crippen LogP contribution in [0.15, 0.2) is 0 Å². The molecule has 0 aromatic carbocycles. The molecule has 1 saturated heterocycles. The summed E-state index contributed by atoms with van der Waals surface area (Å²) in [6.45, 7) is -0.496. The van der Waals surface area contributed by atoms with Crippen molar-refractivity contribution in [1.29, 1.82) is 0 Å². The van der Waals surface area contributed by atoms with Gasteiger partial charge in [-0.05, 0) is 31.6 Å². The molecule has 0 radical (unpaired) electrons. The Morgan fingerprint density at radius 2 is 2.23 bits per heavy atom. The fourth-order valence-corrected chi connectivity index (χ4v) is 1.40. The Morgan fingerprint density at radius 1 is 1.54 bits per heavy atom. The van der Waals surface area contributed by atoms with Crippen LogP contribution in [0.1, 0.15) is 12.8 Å². The van der Waals surface area contributed by atoms with E-state index >= 15 is 0 Å². The van der Waals surface area contributed by atoms with Crippen LogP contribution in [0.2, 0.25) is 0 Å². The van der Waals surface area contributed by atoms with Gasteiger partial charge in [0.2, 0.25) is 0 Å². The summed E-state index contributed by atoms with van der Waals surface area (Å²) in [7, 11) is 0. The molecule has 2 nitrogen and oxygen atoms in total. The molecule has 0 aliphatic carbocycles. The van der Waals surface area contributed by atoms with E-state index in [9.17, 15) is 13.2 Å². The van der Waals surface area contributed by atoms with Crippen molar-refractivity contribution in [2.75, 3.05) is 13.2 Å². The normalized spacial score (nSPS) is 23.2. The standard InChI is InChI=1S/C7H10F3NOS/c8-7(9,10)4-12-6(13)5-2-1-3-11-5/h5,11H,1-4H2/t5-/m0/s1. The first-order chi connectivity index (χ1) is 5.99. The molecule has 6 heteroatoms. The highest BCUT2D eigenvalue weighted by Gasteiger charge is 2.30. The van der Waals surface area contributed by atoms with Crippen LogP contribution < -0.4 is 5.32 Å². The number of thiocarbonyl (C=S) groups is 1. The van der Waals surface area contributed by atoms with Gasteiger partial charge in [-0.1, -0.05) is 0 Å². The second-order valence-corrected chi connectivity index (χ2v) is 3.27. The van der Waals surface area contributed by atoms with Gasteiger partial charge >= 0.3 is 6.18 Å². The number of alkyl halides is 3. The van der Waals surface area contributed by atoms with Crippen LogP contribution in [0, 0.1) is 0 Å². The highest BCUT2D eigenvalue weighted by molar-refractivity contribution is 7.80. The van der Waals surface area contributed by atoms with Gasteiger partial charge < -0.3 is 10.1 Å². The molecule has 0 unspecified atom stereocenters. The molecule has 0 bridgehead atoms. The van der Waals surface area contributed by atoms with E-state index in [1.165, 1.54) is 0 Å². The highest BCUT2D eigenvalue weighted by atomic mass is 32.1. The fraction of sp³-hybridized carbons (Fsp3) is 0.857. The minimum Gasteiger partial charge on any atom is -0.476 e. The topological polar surface area (TPSA) is 21.3 Å². The molecular formula is C7H10F3NOS. The lowest BCUT2D eigenvalue weighted by molar-refractivity contribution is -0.156. The minimum atomic E-state index is -4.30. The number of rotatable bonds is 2. The molecule has 0 spiro atoms. The van der Waals surface area contributed by atoms with E-state index in [1.54, 1.807) is 0 Å². The Hall–Kier alpha value is -0.360. The molecule has 0 aromatic rings. The van der Waals surface area contributed by atoms with Crippen molar-refractivity contribution >= 4 is 17.3 Å². The Labute approximate surface area is 79.4 Å². The molecule has 13 heavy (non-hydrogen) atoms. The Bertz CT molecular complexity index is 189. The van der Waals surface area contributed by atoms with Crippen molar-refractivity contribution in [1.82, 2.24) is 5.32 Å². The Morgan fingerprint density at radius 3 is 2.69 bits per heavy atom. The number of halogens is 3. The molecule has 1 atom stereocenters. The van der Waals surface area contributed by atoms with Crippen molar-refractivity contribution in [2.24, 2.45) is 0 Å². The zero-order valence-corrected chi connectivity index (χ0v) is 7.67. The predicted octanol–water partition coefficient (Wildman–Crippen LogP) is 1.64. The van der Waals surface area contributed by atoms with Gasteiger partial charge in [0.25, 0.3) is 0 Å². The first kappa shape index (κ1) is 10.7. The molecule has 0 saturated carbocycles. The SMILES string of the molecule is FC(F)(F)COC(=S)[C@@H]1CCCN1. The lowest BCUT2D eigenvalue weighted by Crippen LogP contribution is -2.33. The van der Waals surface area contributed by atoms with Crippen LogP contribution in [0.25, 0.3) is 0 Å².